The summed E-state index contributed by atoms with van der Waals surface area (Å²) in [6.45, 7) is 5.80. The molecule has 100 valence electrons. The zero-order valence-corrected chi connectivity index (χ0v) is 12.1. The van der Waals surface area contributed by atoms with Crippen molar-refractivity contribution in [3.8, 4) is 0 Å². The highest BCUT2D eigenvalue weighted by Gasteiger charge is 2.25. The SMILES string of the molecule is CC(C)N1CCCCC1c1ccc(N(C)C)nc1. The Labute approximate surface area is 111 Å². The smallest absolute Gasteiger partial charge is 0.127 e. The summed E-state index contributed by atoms with van der Waals surface area (Å²) in [5, 5.41) is 0. The Kier molecular flexibility index (Phi) is 4.23. The highest BCUT2D eigenvalue weighted by molar-refractivity contribution is 5.37. The second-order valence-electron chi connectivity index (χ2n) is 5.69. The van der Waals surface area contributed by atoms with Crippen LogP contribution < -0.4 is 4.90 Å². The molecule has 1 aliphatic rings. The zero-order chi connectivity index (χ0) is 13.1. The predicted octanol–water partition coefficient (Wildman–Crippen LogP) is 3.08. The van der Waals surface area contributed by atoms with E-state index in [2.05, 4.69) is 42.1 Å². The Hall–Kier alpha value is -1.09. The van der Waals surface area contributed by atoms with Crippen LogP contribution in [0.3, 0.4) is 0 Å². The summed E-state index contributed by atoms with van der Waals surface area (Å²) < 4.78 is 0. The first-order chi connectivity index (χ1) is 8.59. The standard InChI is InChI=1S/C15H25N3/c1-12(2)18-10-6-5-7-14(18)13-8-9-15(16-11-13)17(3)4/h8-9,11-12,14H,5-7,10H2,1-4H3. The molecule has 1 aromatic heterocycles. The molecule has 0 aromatic carbocycles. The third-order valence-electron chi connectivity index (χ3n) is 3.82. The minimum atomic E-state index is 0.558. The topological polar surface area (TPSA) is 19.4 Å². The fourth-order valence-corrected chi connectivity index (χ4v) is 2.79. The van der Waals surface area contributed by atoms with E-state index in [1.165, 1.54) is 31.4 Å². The van der Waals surface area contributed by atoms with Gasteiger partial charge in [-0.2, -0.15) is 0 Å². The van der Waals surface area contributed by atoms with Gasteiger partial charge in [0.1, 0.15) is 5.82 Å². The van der Waals surface area contributed by atoms with Gasteiger partial charge in [-0.05, 0) is 44.9 Å². The van der Waals surface area contributed by atoms with Crippen LogP contribution in [0.1, 0.15) is 44.7 Å². The van der Waals surface area contributed by atoms with Gasteiger partial charge in [0.25, 0.3) is 0 Å². The van der Waals surface area contributed by atoms with Crippen LogP contribution in [0.25, 0.3) is 0 Å². The van der Waals surface area contributed by atoms with E-state index in [4.69, 9.17) is 0 Å². The largest absolute Gasteiger partial charge is 0.363 e. The van der Waals surface area contributed by atoms with Crippen LogP contribution >= 0.6 is 0 Å². The molecule has 0 N–H and O–H groups in total. The molecule has 1 unspecified atom stereocenters. The highest BCUT2D eigenvalue weighted by atomic mass is 15.2. The summed E-state index contributed by atoms with van der Waals surface area (Å²) in [5.74, 6) is 1.03. The normalized spacial score (nSPS) is 21.3. The number of piperidine rings is 1. The molecule has 1 fully saturated rings. The van der Waals surface area contributed by atoms with E-state index in [1.807, 2.05) is 19.0 Å². The Morgan fingerprint density at radius 3 is 2.61 bits per heavy atom. The molecular weight excluding hydrogens is 222 g/mol. The Morgan fingerprint density at radius 2 is 2.06 bits per heavy atom. The maximum Gasteiger partial charge on any atom is 0.127 e. The molecule has 0 amide bonds. The highest BCUT2D eigenvalue weighted by Crippen LogP contribution is 2.32. The van der Waals surface area contributed by atoms with Crippen molar-refractivity contribution in [2.45, 2.75) is 45.2 Å². The minimum Gasteiger partial charge on any atom is -0.363 e. The molecule has 1 aliphatic heterocycles. The minimum absolute atomic E-state index is 0.558. The Morgan fingerprint density at radius 1 is 1.28 bits per heavy atom. The van der Waals surface area contributed by atoms with Crippen molar-refractivity contribution in [2.24, 2.45) is 0 Å². The predicted molar refractivity (Wildman–Crippen MR) is 77.0 cm³/mol. The van der Waals surface area contributed by atoms with Crippen molar-refractivity contribution in [3.05, 3.63) is 23.9 Å². The van der Waals surface area contributed by atoms with E-state index in [0.29, 0.717) is 12.1 Å². The van der Waals surface area contributed by atoms with Gasteiger partial charge in [-0.1, -0.05) is 12.5 Å². The van der Waals surface area contributed by atoms with E-state index in [1.54, 1.807) is 0 Å². The van der Waals surface area contributed by atoms with Crippen LogP contribution in [0.5, 0.6) is 0 Å². The quantitative estimate of drug-likeness (QED) is 0.818. The lowest BCUT2D eigenvalue weighted by Crippen LogP contribution is -2.38. The summed E-state index contributed by atoms with van der Waals surface area (Å²) in [5.41, 5.74) is 1.37. The second kappa shape index (κ2) is 5.70. The van der Waals surface area contributed by atoms with Crippen LogP contribution in [-0.2, 0) is 0 Å². The fraction of sp³-hybridized carbons (Fsp3) is 0.667. The number of pyridine rings is 1. The molecule has 1 saturated heterocycles. The van der Waals surface area contributed by atoms with Crippen LogP contribution in [0.15, 0.2) is 18.3 Å². The molecular formula is C15H25N3. The van der Waals surface area contributed by atoms with Crippen molar-refractivity contribution < 1.29 is 0 Å². The third-order valence-corrected chi connectivity index (χ3v) is 3.82. The molecule has 0 aliphatic carbocycles. The number of rotatable bonds is 3. The second-order valence-corrected chi connectivity index (χ2v) is 5.69. The number of nitrogens with zero attached hydrogens (tertiary/aromatic N) is 3. The number of aromatic nitrogens is 1. The van der Waals surface area contributed by atoms with Gasteiger partial charge in [0, 0.05) is 32.4 Å². The first-order valence-corrected chi connectivity index (χ1v) is 6.98. The number of hydrogen-bond acceptors (Lipinski definition) is 3. The molecule has 2 rings (SSSR count). The van der Waals surface area contributed by atoms with Crippen molar-refractivity contribution >= 4 is 5.82 Å². The van der Waals surface area contributed by atoms with E-state index < -0.39 is 0 Å². The number of likely N-dealkylation sites (tertiary alicyclic amines) is 1. The summed E-state index contributed by atoms with van der Waals surface area (Å²) in [4.78, 5) is 9.20. The van der Waals surface area contributed by atoms with Crippen molar-refractivity contribution in [1.29, 1.82) is 0 Å². The molecule has 0 radical (unpaired) electrons. The lowest BCUT2D eigenvalue weighted by atomic mass is 9.95. The molecule has 1 atom stereocenters. The number of anilines is 1. The molecule has 3 heteroatoms. The summed E-state index contributed by atoms with van der Waals surface area (Å²) in [7, 11) is 4.06. The molecule has 0 saturated carbocycles. The lowest BCUT2D eigenvalue weighted by molar-refractivity contribution is 0.112. The Balaban J connectivity index is 2.18. The van der Waals surface area contributed by atoms with Gasteiger partial charge < -0.3 is 4.90 Å². The van der Waals surface area contributed by atoms with E-state index >= 15 is 0 Å². The molecule has 0 spiro atoms. The van der Waals surface area contributed by atoms with Gasteiger partial charge in [0.05, 0.1) is 0 Å². The summed E-state index contributed by atoms with van der Waals surface area (Å²) in [6.07, 6.45) is 5.99. The van der Waals surface area contributed by atoms with Gasteiger partial charge in [-0.15, -0.1) is 0 Å². The molecule has 0 bridgehead atoms. The van der Waals surface area contributed by atoms with Crippen LogP contribution in [0, 0.1) is 0 Å². The van der Waals surface area contributed by atoms with Gasteiger partial charge in [-0.3, -0.25) is 4.90 Å². The van der Waals surface area contributed by atoms with E-state index in [0.717, 1.165) is 5.82 Å². The molecule has 3 nitrogen and oxygen atoms in total. The third kappa shape index (κ3) is 2.83. The van der Waals surface area contributed by atoms with E-state index in [-0.39, 0.29) is 0 Å². The van der Waals surface area contributed by atoms with Crippen LogP contribution in [0.2, 0.25) is 0 Å². The van der Waals surface area contributed by atoms with E-state index in [9.17, 15) is 0 Å². The Bertz CT molecular complexity index is 370. The lowest BCUT2D eigenvalue weighted by Gasteiger charge is -2.38. The zero-order valence-electron chi connectivity index (χ0n) is 12.1. The maximum atomic E-state index is 4.55. The molecule has 18 heavy (non-hydrogen) atoms. The summed E-state index contributed by atoms with van der Waals surface area (Å²) in [6, 6.07) is 5.54. The first kappa shape index (κ1) is 13.3. The van der Waals surface area contributed by atoms with Gasteiger partial charge in [0.15, 0.2) is 0 Å². The number of hydrogen-bond donors (Lipinski definition) is 0. The van der Waals surface area contributed by atoms with Gasteiger partial charge in [-0.25, -0.2) is 4.98 Å². The van der Waals surface area contributed by atoms with Crippen LogP contribution in [0.4, 0.5) is 5.82 Å². The van der Waals surface area contributed by atoms with Crippen LogP contribution in [-0.4, -0.2) is 36.6 Å². The average Bonchev–Trinajstić information content (AvgIpc) is 2.39. The molecule has 1 aromatic rings. The summed E-state index contributed by atoms with van der Waals surface area (Å²) >= 11 is 0. The van der Waals surface area contributed by atoms with Gasteiger partial charge in [0.2, 0.25) is 0 Å². The molecule has 2 heterocycles. The van der Waals surface area contributed by atoms with Gasteiger partial charge >= 0.3 is 0 Å². The van der Waals surface area contributed by atoms with Crippen molar-refractivity contribution in [2.75, 3.05) is 25.5 Å². The van der Waals surface area contributed by atoms with Crippen molar-refractivity contribution in [3.63, 3.8) is 0 Å². The fourth-order valence-electron chi connectivity index (χ4n) is 2.79. The average molecular weight is 247 g/mol. The monoisotopic (exact) mass is 247 g/mol. The maximum absolute atomic E-state index is 4.55. The first-order valence-electron chi connectivity index (χ1n) is 6.98. The van der Waals surface area contributed by atoms with Crippen molar-refractivity contribution in [1.82, 2.24) is 9.88 Å².